The van der Waals surface area contributed by atoms with E-state index in [0.29, 0.717) is 23.4 Å². The summed E-state index contributed by atoms with van der Waals surface area (Å²) in [5.41, 5.74) is 1.65. The number of piperazine rings is 1. The minimum Gasteiger partial charge on any atom is -0.395 e. The van der Waals surface area contributed by atoms with Gasteiger partial charge in [-0.05, 0) is 31.0 Å². The van der Waals surface area contributed by atoms with Gasteiger partial charge in [0, 0.05) is 57.9 Å². The number of piperidine rings is 1. The van der Waals surface area contributed by atoms with Gasteiger partial charge in [-0.15, -0.1) is 0 Å². The van der Waals surface area contributed by atoms with Gasteiger partial charge in [0.1, 0.15) is 0 Å². The van der Waals surface area contributed by atoms with Gasteiger partial charge in [-0.3, -0.25) is 19.1 Å². The van der Waals surface area contributed by atoms with Crippen LogP contribution in [-0.4, -0.2) is 82.8 Å². The third-order valence-electron chi connectivity index (χ3n) is 6.23. The third-order valence-corrected chi connectivity index (χ3v) is 6.23. The number of aliphatic hydroxyl groups is 1. The largest absolute Gasteiger partial charge is 0.395 e. The number of anilines is 1. The lowest BCUT2D eigenvalue weighted by Gasteiger charge is -2.40. The molecule has 1 atom stereocenters. The molecule has 1 aromatic heterocycles. The van der Waals surface area contributed by atoms with Crippen molar-refractivity contribution in [3.05, 3.63) is 34.9 Å². The first-order chi connectivity index (χ1) is 14.1. The molecule has 0 radical (unpaired) electrons. The molecule has 0 aliphatic carbocycles. The number of aliphatic hydroxyl groups excluding tert-OH is 1. The maximum Gasteiger partial charge on any atom is 0.261 e. The predicted octanol–water partition coefficient (Wildman–Crippen LogP) is 0.522. The molecule has 8 heteroatoms. The fraction of sp³-hybridized carbons (Fsp3) is 0.571. The van der Waals surface area contributed by atoms with Crippen LogP contribution in [-0.2, 0) is 11.3 Å². The van der Waals surface area contributed by atoms with Crippen molar-refractivity contribution in [1.82, 2.24) is 19.4 Å². The molecule has 0 bridgehead atoms. The normalized spacial score (nSPS) is 21.2. The molecule has 1 amide bonds. The van der Waals surface area contributed by atoms with E-state index in [0.717, 1.165) is 51.3 Å². The van der Waals surface area contributed by atoms with Gasteiger partial charge in [0.15, 0.2) is 0 Å². The van der Waals surface area contributed by atoms with Gasteiger partial charge in [-0.1, -0.05) is 0 Å². The van der Waals surface area contributed by atoms with Gasteiger partial charge in [0.25, 0.3) is 5.56 Å². The van der Waals surface area contributed by atoms with Gasteiger partial charge in [0.05, 0.1) is 30.4 Å². The van der Waals surface area contributed by atoms with E-state index in [9.17, 15) is 9.59 Å². The number of hydrogen-bond acceptors (Lipinski definition) is 6. The van der Waals surface area contributed by atoms with E-state index in [2.05, 4.69) is 14.8 Å². The zero-order chi connectivity index (χ0) is 20.4. The van der Waals surface area contributed by atoms with Gasteiger partial charge in [-0.25, -0.2) is 4.98 Å². The van der Waals surface area contributed by atoms with Crippen molar-refractivity contribution >= 4 is 22.5 Å². The van der Waals surface area contributed by atoms with Crippen molar-refractivity contribution in [2.75, 3.05) is 51.3 Å². The minimum atomic E-state index is -0.119. The maximum absolute atomic E-state index is 12.5. The van der Waals surface area contributed by atoms with E-state index >= 15 is 0 Å². The Morgan fingerprint density at radius 2 is 1.97 bits per heavy atom. The number of likely N-dealkylation sites (N-methyl/N-ethyl adjacent to an activating group) is 1. The highest BCUT2D eigenvalue weighted by Gasteiger charge is 2.28. The van der Waals surface area contributed by atoms with E-state index in [-0.39, 0.29) is 24.6 Å². The monoisotopic (exact) mass is 399 g/mol. The Hall–Kier alpha value is -2.45. The van der Waals surface area contributed by atoms with Gasteiger partial charge in [0.2, 0.25) is 5.91 Å². The van der Waals surface area contributed by atoms with Crippen LogP contribution in [0.5, 0.6) is 0 Å². The maximum atomic E-state index is 12.5. The number of aromatic nitrogens is 2. The van der Waals surface area contributed by atoms with Crippen molar-refractivity contribution in [2.24, 2.45) is 0 Å². The Bertz CT molecular complexity index is 936. The second-order valence-electron chi connectivity index (χ2n) is 8.01. The van der Waals surface area contributed by atoms with Crippen LogP contribution in [0.3, 0.4) is 0 Å². The van der Waals surface area contributed by atoms with Gasteiger partial charge in [-0.2, -0.15) is 0 Å². The van der Waals surface area contributed by atoms with E-state index in [4.69, 9.17) is 5.11 Å². The molecule has 3 heterocycles. The summed E-state index contributed by atoms with van der Waals surface area (Å²) in [4.78, 5) is 35.5. The summed E-state index contributed by atoms with van der Waals surface area (Å²) in [6, 6.07) is 6.12. The Balaban J connectivity index is 1.40. The highest BCUT2D eigenvalue weighted by Crippen LogP contribution is 2.22. The van der Waals surface area contributed by atoms with Gasteiger partial charge < -0.3 is 14.9 Å². The third kappa shape index (κ3) is 4.13. The summed E-state index contributed by atoms with van der Waals surface area (Å²) in [7, 11) is 1.93. The van der Waals surface area contributed by atoms with E-state index < -0.39 is 0 Å². The molecule has 1 aromatic carbocycles. The van der Waals surface area contributed by atoms with E-state index in [1.807, 2.05) is 30.1 Å². The first kappa shape index (κ1) is 19.8. The molecule has 1 unspecified atom stereocenters. The number of amides is 1. The van der Waals surface area contributed by atoms with Crippen LogP contribution in [0.25, 0.3) is 10.9 Å². The number of rotatable bonds is 5. The fourth-order valence-corrected chi connectivity index (χ4v) is 4.37. The average molecular weight is 399 g/mol. The molecule has 0 saturated carbocycles. The summed E-state index contributed by atoms with van der Waals surface area (Å²) in [6.45, 7) is 4.87. The summed E-state index contributed by atoms with van der Waals surface area (Å²) in [5, 5.41) is 9.64. The Morgan fingerprint density at radius 1 is 1.17 bits per heavy atom. The van der Waals surface area contributed by atoms with Gasteiger partial charge >= 0.3 is 0 Å². The van der Waals surface area contributed by atoms with Crippen molar-refractivity contribution in [3.63, 3.8) is 0 Å². The molecule has 156 valence electrons. The number of fused-ring (bicyclic) bond motifs is 1. The zero-order valence-corrected chi connectivity index (χ0v) is 17.0. The molecular weight excluding hydrogens is 370 g/mol. The van der Waals surface area contributed by atoms with Crippen LogP contribution >= 0.6 is 0 Å². The molecule has 2 aromatic rings. The number of carbonyl (C=O) groups is 1. The lowest BCUT2D eigenvalue weighted by Crippen LogP contribution is -2.52. The summed E-state index contributed by atoms with van der Waals surface area (Å²) in [5.74, 6) is 0.265. The molecular formula is C21H29N5O3. The van der Waals surface area contributed by atoms with Crippen LogP contribution in [0, 0.1) is 0 Å². The highest BCUT2D eigenvalue weighted by atomic mass is 16.3. The van der Waals surface area contributed by atoms with Crippen molar-refractivity contribution < 1.29 is 9.90 Å². The molecule has 2 saturated heterocycles. The Kier molecular flexibility index (Phi) is 5.82. The SMILES string of the molecule is CN1C(=O)CCCC1CN1CCN(c2ccc3c(=O)n(CCO)cnc3c2)CC1. The molecule has 8 nitrogen and oxygen atoms in total. The minimum absolute atomic E-state index is 0.0831. The topological polar surface area (TPSA) is 81.9 Å². The first-order valence-electron chi connectivity index (χ1n) is 10.4. The fourth-order valence-electron chi connectivity index (χ4n) is 4.37. The lowest BCUT2D eigenvalue weighted by molar-refractivity contribution is -0.135. The average Bonchev–Trinajstić information content (AvgIpc) is 2.74. The van der Waals surface area contributed by atoms with Crippen molar-refractivity contribution in [2.45, 2.75) is 31.8 Å². The van der Waals surface area contributed by atoms with Crippen LogP contribution in [0.15, 0.2) is 29.3 Å². The molecule has 2 aliphatic heterocycles. The Morgan fingerprint density at radius 3 is 2.72 bits per heavy atom. The standard InChI is InChI=1S/C21H29N5O3/c1-23-17(3-2-4-20(23)28)14-24-7-9-25(10-8-24)16-5-6-18-19(13-16)22-15-26(11-12-27)21(18)29/h5-6,13,15,17,27H,2-4,7-12,14H2,1H3. The number of benzene rings is 1. The second-order valence-corrected chi connectivity index (χ2v) is 8.01. The molecule has 1 N–H and O–H groups in total. The van der Waals surface area contributed by atoms with Crippen LogP contribution < -0.4 is 10.5 Å². The van der Waals surface area contributed by atoms with Crippen molar-refractivity contribution in [3.8, 4) is 0 Å². The molecule has 2 aliphatic rings. The highest BCUT2D eigenvalue weighted by molar-refractivity contribution is 5.81. The number of carbonyl (C=O) groups excluding carboxylic acids is 1. The lowest BCUT2D eigenvalue weighted by atomic mass is 10.0. The molecule has 2 fully saturated rings. The molecule has 4 rings (SSSR count). The predicted molar refractivity (Wildman–Crippen MR) is 112 cm³/mol. The van der Waals surface area contributed by atoms with E-state index in [1.165, 1.54) is 10.9 Å². The smallest absolute Gasteiger partial charge is 0.261 e. The quantitative estimate of drug-likeness (QED) is 0.790. The number of likely N-dealkylation sites (tertiary alicyclic amines) is 1. The zero-order valence-electron chi connectivity index (χ0n) is 17.0. The molecule has 29 heavy (non-hydrogen) atoms. The molecule has 0 spiro atoms. The first-order valence-corrected chi connectivity index (χ1v) is 10.4. The second kappa shape index (κ2) is 8.51. The summed E-state index contributed by atoms with van der Waals surface area (Å²) in [6.07, 6.45) is 4.27. The van der Waals surface area contributed by atoms with Crippen LogP contribution in [0.4, 0.5) is 5.69 Å². The number of hydrogen-bond donors (Lipinski definition) is 1. The Labute approximate surface area is 170 Å². The van der Waals surface area contributed by atoms with Crippen molar-refractivity contribution in [1.29, 1.82) is 0 Å². The van der Waals surface area contributed by atoms with E-state index in [1.54, 1.807) is 0 Å². The number of nitrogens with zero attached hydrogens (tertiary/aromatic N) is 5. The van der Waals surface area contributed by atoms with Crippen LogP contribution in [0.2, 0.25) is 0 Å². The summed E-state index contributed by atoms with van der Waals surface area (Å²) < 4.78 is 1.44. The summed E-state index contributed by atoms with van der Waals surface area (Å²) >= 11 is 0. The van der Waals surface area contributed by atoms with Crippen LogP contribution in [0.1, 0.15) is 19.3 Å².